The van der Waals surface area contributed by atoms with Crippen LogP contribution < -0.4 is 4.74 Å². The van der Waals surface area contributed by atoms with Crippen molar-refractivity contribution in [2.45, 2.75) is 17.5 Å². The first-order valence-electron chi connectivity index (χ1n) is 8.81. The molecule has 29 heavy (non-hydrogen) atoms. The fourth-order valence-corrected chi connectivity index (χ4v) is 4.54. The highest BCUT2D eigenvalue weighted by molar-refractivity contribution is 7.98. The van der Waals surface area contributed by atoms with Gasteiger partial charge in [0.1, 0.15) is 11.5 Å². The van der Waals surface area contributed by atoms with Gasteiger partial charge in [0.05, 0.1) is 19.9 Å². The van der Waals surface area contributed by atoms with E-state index in [0.717, 1.165) is 33.6 Å². The number of halogens is 2. The highest BCUT2D eigenvalue weighted by Gasteiger charge is 2.17. The third kappa shape index (κ3) is 4.45. The van der Waals surface area contributed by atoms with Gasteiger partial charge in [-0.15, -0.1) is 10.2 Å². The van der Waals surface area contributed by atoms with Crippen molar-refractivity contribution < 1.29 is 9.15 Å². The van der Waals surface area contributed by atoms with Crippen LogP contribution in [0.15, 0.2) is 70.4 Å². The molecule has 0 spiro atoms. The van der Waals surface area contributed by atoms with Crippen molar-refractivity contribution in [3.05, 3.63) is 82.2 Å². The Balaban J connectivity index is 1.66. The molecule has 0 N–H and O–H groups in total. The third-order valence-electron chi connectivity index (χ3n) is 4.37. The molecule has 0 saturated heterocycles. The number of benzene rings is 2. The van der Waals surface area contributed by atoms with E-state index in [1.807, 2.05) is 59.2 Å². The number of aromatic nitrogens is 3. The highest BCUT2D eigenvalue weighted by atomic mass is 35.5. The minimum Gasteiger partial charge on any atom is -0.497 e. The molecule has 0 bridgehead atoms. The van der Waals surface area contributed by atoms with Crippen molar-refractivity contribution in [3.8, 4) is 17.1 Å². The van der Waals surface area contributed by atoms with Gasteiger partial charge in [-0.1, -0.05) is 41.0 Å². The monoisotopic (exact) mass is 445 g/mol. The van der Waals surface area contributed by atoms with Gasteiger partial charge in [-0.25, -0.2) is 0 Å². The van der Waals surface area contributed by atoms with E-state index in [0.29, 0.717) is 22.3 Å². The van der Waals surface area contributed by atoms with Crippen LogP contribution in [-0.2, 0) is 12.3 Å². The molecule has 0 fully saturated rings. The zero-order chi connectivity index (χ0) is 20.2. The van der Waals surface area contributed by atoms with Crippen LogP contribution >= 0.6 is 35.0 Å². The molecule has 4 rings (SSSR count). The van der Waals surface area contributed by atoms with Gasteiger partial charge in [0.2, 0.25) is 0 Å². The summed E-state index contributed by atoms with van der Waals surface area (Å²) in [5, 5.41) is 10.9. The van der Waals surface area contributed by atoms with Gasteiger partial charge in [0.15, 0.2) is 11.0 Å². The maximum absolute atomic E-state index is 6.31. The molecule has 0 radical (unpaired) electrons. The summed E-state index contributed by atoms with van der Waals surface area (Å²) in [6, 6.07) is 17.0. The molecule has 0 unspecified atom stereocenters. The van der Waals surface area contributed by atoms with Crippen LogP contribution in [0, 0.1) is 0 Å². The molecule has 0 amide bonds. The number of ether oxygens (including phenoxy) is 1. The predicted molar refractivity (Wildman–Crippen MR) is 116 cm³/mol. The van der Waals surface area contributed by atoms with Crippen LogP contribution in [0.3, 0.4) is 0 Å². The average molecular weight is 446 g/mol. The van der Waals surface area contributed by atoms with E-state index in [2.05, 4.69) is 10.2 Å². The maximum Gasteiger partial charge on any atom is 0.192 e. The Bertz CT molecular complexity index is 1080. The molecular weight excluding hydrogens is 429 g/mol. The molecule has 5 nitrogen and oxygen atoms in total. The molecule has 0 aliphatic carbocycles. The Morgan fingerprint density at radius 1 is 1.00 bits per heavy atom. The Labute approximate surface area is 182 Å². The Morgan fingerprint density at radius 2 is 1.76 bits per heavy atom. The standard InChI is InChI=1S/C21H17Cl2N3O2S/c1-27-15-9-7-14(8-10-15)20-24-25-21(26(20)12-16-4-3-11-28-16)29-13-17-18(22)5-2-6-19(17)23/h2-11H,12-13H2,1H3. The molecule has 8 heteroatoms. The number of hydrogen-bond acceptors (Lipinski definition) is 5. The van der Waals surface area contributed by atoms with Crippen molar-refractivity contribution >= 4 is 35.0 Å². The van der Waals surface area contributed by atoms with E-state index < -0.39 is 0 Å². The van der Waals surface area contributed by atoms with E-state index in [4.69, 9.17) is 32.4 Å². The minimum absolute atomic E-state index is 0.514. The van der Waals surface area contributed by atoms with E-state index in [1.54, 1.807) is 13.4 Å². The molecule has 2 aromatic carbocycles. The van der Waals surface area contributed by atoms with Crippen LogP contribution in [-0.4, -0.2) is 21.9 Å². The van der Waals surface area contributed by atoms with Crippen molar-refractivity contribution in [2.75, 3.05) is 7.11 Å². The molecular formula is C21H17Cl2N3O2S. The van der Waals surface area contributed by atoms with Crippen LogP contribution in [0.25, 0.3) is 11.4 Å². The Hall–Kier alpha value is -2.41. The largest absolute Gasteiger partial charge is 0.497 e. The van der Waals surface area contributed by atoms with Gasteiger partial charge in [0.25, 0.3) is 0 Å². The van der Waals surface area contributed by atoms with E-state index in [1.165, 1.54) is 11.8 Å². The fourth-order valence-electron chi connectivity index (χ4n) is 2.86. The van der Waals surface area contributed by atoms with Crippen LogP contribution in [0.4, 0.5) is 0 Å². The summed E-state index contributed by atoms with van der Waals surface area (Å²) < 4.78 is 12.8. The van der Waals surface area contributed by atoms with Crippen LogP contribution in [0.2, 0.25) is 10.0 Å². The lowest BCUT2D eigenvalue weighted by molar-refractivity contribution is 0.415. The summed E-state index contributed by atoms with van der Waals surface area (Å²) >= 11 is 14.2. The van der Waals surface area contributed by atoms with Crippen molar-refractivity contribution in [1.29, 1.82) is 0 Å². The number of nitrogens with zero attached hydrogens (tertiary/aromatic N) is 3. The van der Waals surface area contributed by atoms with Crippen LogP contribution in [0.1, 0.15) is 11.3 Å². The number of furan rings is 1. The van der Waals surface area contributed by atoms with Gasteiger partial charge in [-0.05, 0) is 54.1 Å². The first kappa shape index (κ1) is 19.9. The summed E-state index contributed by atoms with van der Waals surface area (Å²) in [5.74, 6) is 2.93. The second-order valence-electron chi connectivity index (χ2n) is 6.19. The summed E-state index contributed by atoms with van der Waals surface area (Å²) in [6.45, 7) is 0.514. The molecule has 2 aromatic heterocycles. The highest BCUT2D eigenvalue weighted by Crippen LogP contribution is 2.33. The lowest BCUT2D eigenvalue weighted by atomic mass is 10.2. The smallest absolute Gasteiger partial charge is 0.192 e. The van der Waals surface area contributed by atoms with E-state index >= 15 is 0 Å². The first-order valence-corrected chi connectivity index (χ1v) is 10.6. The molecule has 0 aliphatic rings. The molecule has 0 aliphatic heterocycles. The summed E-state index contributed by atoms with van der Waals surface area (Å²) in [5.41, 5.74) is 1.81. The molecule has 148 valence electrons. The normalized spacial score (nSPS) is 11.0. The number of hydrogen-bond donors (Lipinski definition) is 0. The Kier molecular flexibility index (Phi) is 6.13. The maximum atomic E-state index is 6.31. The summed E-state index contributed by atoms with van der Waals surface area (Å²) in [7, 11) is 1.64. The molecule has 0 saturated carbocycles. The second-order valence-corrected chi connectivity index (χ2v) is 7.95. The number of rotatable bonds is 7. The third-order valence-corrected chi connectivity index (χ3v) is 6.07. The van der Waals surface area contributed by atoms with Gasteiger partial charge < -0.3 is 9.15 Å². The minimum atomic E-state index is 0.514. The number of thioether (sulfide) groups is 1. The average Bonchev–Trinajstić information content (AvgIpc) is 3.38. The van der Waals surface area contributed by atoms with Gasteiger partial charge in [-0.3, -0.25) is 4.57 Å². The molecule has 2 heterocycles. The van der Waals surface area contributed by atoms with Crippen molar-refractivity contribution in [2.24, 2.45) is 0 Å². The van der Waals surface area contributed by atoms with Gasteiger partial charge in [-0.2, -0.15) is 0 Å². The zero-order valence-electron chi connectivity index (χ0n) is 15.5. The SMILES string of the molecule is COc1ccc(-c2nnc(SCc3c(Cl)cccc3Cl)n2Cc2ccco2)cc1. The summed E-state index contributed by atoms with van der Waals surface area (Å²) in [6.07, 6.45) is 1.66. The van der Waals surface area contributed by atoms with Crippen molar-refractivity contribution in [3.63, 3.8) is 0 Å². The fraction of sp³-hybridized carbons (Fsp3) is 0.143. The Morgan fingerprint density at radius 3 is 2.41 bits per heavy atom. The first-order chi connectivity index (χ1) is 14.2. The van der Waals surface area contributed by atoms with Gasteiger partial charge >= 0.3 is 0 Å². The summed E-state index contributed by atoms with van der Waals surface area (Å²) in [4.78, 5) is 0. The van der Waals surface area contributed by atoms with E-state index in [9.17, 15) is 0 Å². The van der Waals surface area contributed by atoms with Gasteiger partial charge in [0, 0.05) is 21.4 Å². The van der Waals surface area contributed by atoms with E-state index in [-0.39, 0.29) is 0 Å². The molecule has 0 atom stereocenters. The molecule has 4 aromatic rings. The predicted octanol–water partition coefficient (Wildman–Crippen LogP) is 6.19. The lowest BCUT2D eigenvalue weighted by Crippen LogP contribution is -2.03. The van der Waals surface area contributed by atoms with Crippen LogP contribution in [0.5, 0.6) is 5.75 Å². The van der Waals surface area contributed by atoms with Crippen molar-refractivity contribution in [1.82, 2.24) is 14.8 Å². The zero-order valence-corrected chi connectivity index (χ0v) is 17.8. The quantitative estimate of drug-likeness (QED) is 0.317. The second kappa shape index (κ2) is 8.95. The lowest BCUT2D eigenvalue weighted by Gasteiger charge is -2.10. The topological polar surface area (TPSA) is 53.1 Å². The number of methoxy groups -OCH3 is 1.